The first-order valence-electron chi connectivity index (χ1n) is 4.16. The zero-order valence-corrected chi connectivity index (χ0v) is 7.87. The molecule has 0 bridgehead atoms. The molecule has 1 amide bonds. The summed E-state index contributed by atoms with van der Waals surface area (Å²) in [4.78, 5) is 21.6. The van der Waals surface area contributed by atoms with Crippen molar-refractivity contribution < 1.29 is 19.4 Å². The fourth-order valence-corrected chi connectivity index (χ4v) is 0.728. The molecule has 0 rings (SSSR count). The van der Waals surface area contributed by atoms with Crippen molar-refractivity contribution in [3.05, 3.63) is 0 Å². The zero-order valence-electron chi connectivity index (χ0n) is 7.87. The first-order chi connectivity index (χ1) is 6.11. The van der Waals surface area contributed by atoms with E-state index in [1.165, 1.54) is 6.92 Å². The SMILES string of the molecule is CCCOC(=O)[C@H](CO)NC(C)=O. The van der Waals surface area contributed by atoms with E-state index < -0.39 is 18.6 Å². The highest BCUT2D eigenvalue weighted by molar-refractivity contribution is 5.83. The van der Waals surface area contributed by atoms with Gasteiger partial charge in [0.1, 0.15) is 0 Å². The van der Waals surface area contributed by atoms with Gasteiger partial charge in [0, 0.05) is 6.92 Å². The number of rotatable bonds is 5. The van der Waals surface area contributed by atoms with Gasteiger partial charge in [0.15, 0.2) is 6.04 Å². The number of hydrogen-bond donors (Lipinski definition) is 2. The first-order valence-corrected chi connectivity index (χ1v) is 4.16. The lowest BCUT2D eigenvalue weighted by molar-refractivity contribution is -0.148. The Hall–Kier alpha value is -1.10. The first kappa shape index (κ1) is 11.9. The highest BCUT2D eigenvalue weighted by Crippen LogP contribution is 1.90. The van der Waals surface area contributed by atoms with Crippen molar-refractivity contribution >= 4 is 11.9 Å². The van der Waals surface area contributed by atoms with Crippen LogP contribution < -0.4 is 5.32 Å². The number of hydrogen-bond acceptors (Lipinski definition) is 4. The van der Waals surface area contributed by atoms with E-state index in [4.69, 9.17) is 9.84 Å². The Morgan fingerprint density at radius 3 is 2.54 bits per heavy atom. The molecule has 0 aromatic carbocycles. The highest BCUT2D eigenvalue weighted by atomic mass is 16.5. The third-order valence-corrected chi connectivity index (χ3v) is 1.29. The molecule has 5 heteroatoms. The lowest BCUT2D eigenvalue weighted by Gasteiger charge is -2.13. The Bertz CT molecular complexity index is 181. The summed E-state index contributed by atoms with van der Waals surface area (Å²) in [6.07, 6.45) is 0.712. The average molecular weight is 189 g/mol. The predicted octanol–water partition coefficient (Wildman–Crippen LogP) is -0.563. The van der Waals surface area contributed by atoms with Gasteiger partial charge >= 0.3 is 5.97 Å². The summed E-state index contributed by atoms with van der Waals surface area (Å²) in [6.45, 7) is 2.99. The normalized spacial score (nSPS) is 11.9. The lowest BCUT2D eigenvalue weighted by Crippen LogP contribution is -2.43. The van der Waals surface area contributed by atoms with E-state index >= 15 is 0 Å². The minimum Gasteiger partial charge on any atom is -0.464 e. The van der Waals surface area contributed by atoms with Crippen LogP contribution in [0, 0.1) is 0 Å². The minimum absolute atomic E-state index is 0.301. The average Bonchev–Trinajstić information content (AvgIpc) is 2.09. The molecule has 0 aromatic rings. The molecule has 0 heterocycles. The molecule has 1 atom stereocenters. The molecule has 5 nitrogen and oxygen atoms in total. The number of nitrogens with one attached hydrogen (secondary N) is 1. The van der Waals surface area contributed by atoms with Crippen LogP contribution in [0.25, 0.3) is 0 Å². The van der Waals surface area contributed by atoms with Crippen LogP contribution >= 0.6 is 0 Å². The van der Waals surface area contributed by atoms with E-state index in [2.05, 4.69) is 5.32 Å². The van der Waals surface area contributed by atoms with Crippen LogP contribution in [0.2, 0.25) is 0 Å². The third-order valence-electron chi connectivity index (χ3n) is 1.29. The smallest absolute Gasteiger partial charge is 0.331 e. The quantitative estimate of drug-likeness (QED) is 0.568. The molecule has 0 radical (unpaired) electrons. The Morgan fingerprint density at radius 2 is 2.15 bits per heavy atom. The highest BCUT2D eigenvalue weighted by Gasteiger charge is 2.19. The molecule has 0 aliphatic rings. The van der Waals surface area contributed by atoms with Crippen LogP contribution in [-0.4, -0.2) is 36.2 Å². The maximum absolute atomic E-state index is 11.1. The van der Waals surface area contributed by atoms with Crippen molar-refractivity contribution in [2.45, 2.75) is 26.3 Å². The van der Waals surface area contributed by atoms with E-state index in [0.717, 1.165) is 0 Å². The monoisotopic (exact) mass is 189 g/mol. The molecule has 0 saturated carbocycles. The van der Waals surface area contributed by atoms with Crippen LogP contribution in [0.4, 0.5) is 0 Å². The van der Waals surface area contributed by atoms with Crippen molar-refractivity contribution in [3.63, 3.8) is 0 Å². The van der Waals surface area contributed by atoms with E-state index in [1.54, 1.807) is 0 Å². The maximum Gasteiger partial charge on any atom is 0.331 e. The molecule has 0 aliphatic carbocycles. The number of carbonyl (C=O) groups excluding carboxylic acids is 2. The van der Waals surface area contributed by atoms with E-state index in [9.17, 15) is 9.59 Å². The summed E-state index contributed by atoms with van der Waals surface area (Å²) in [5.41, 5.74) is 0. The van der Waals surface area contributed by atoms with Crippen molar-refractivity contribution in [1.29, 1.82) is 0 Å². The summed E-state index contributed by atoms with van der Waals surface area (Å²) >= 11 is 0. The van der Waals surface area contributed by atoms with Gasteiger partial charge in [-0.2, -0.15) is 0 Å². The number of carbonyl (C=O) groups is 2. The third kappa shape index (κ3) is 5.19. The largest absolute Gasteiger partial charge is 0.464 e. The van der Waals surface area contributed by atoms with Crippen molar-refractivity contribution in [2.75, 3.05) is 13.2 Å². The molecule has 0 saturated heterocycles. The Morgan fingerprint density at radius 1 is 1.54 bits per heavy atom. The van der Waals surface area contributed by atoms with Gasteiger partial charge in [-0.05, 0) is 6.42 Å². The van der Waals surface area contributed by atoms with Crippen molar-refractivity contribution in [1.82, 2.24) is 5.32 Å². The van der Waals surface area contributed by atoms with Gasteiger partial charge in [-0.1, -0.05) is 6.92 Å². The molecule has 0 fully saturated rings. The second kappa shape index (κ2) is 6.42. The van der Waals surface area contributed by atoms with E-state index in [0.29, 0.717) is 13.0 Å². The fourth-order valence-electron chi connectivity index (χ4n) is 0.728. The fraction of sp³-hybridized carbons (Fsp3) is 0.750. The van der Waals surface area contributed by atoms with Crippen LogP contribution in [-0.2, 0) is 14.3 Å². The van der Waals surface area contributed by atoms with Gasteiger partial charge in [-0.25, -0.2) is 4.79 Å². The predicted molar refractivity (Wildman–Crippen MR) is 45.9 cm³/mol. The van der Waals surface area contributed by atoms with Crippen LogP contribution in [0.5, 0.6) is 0 Å². The summed E-state index contributed by atoms with van der Waals surface area (Å²) in [6, 6.07) is -0.941. The number of aliphatic hydroxyl groups is 1. The van der Waals surface area contributed by atoms with Gasteiger partial charge in [-0.3, -0.25) is 4.79 Å². The number of amides is 1. The maximum atomic E-state index is 11.1. The standard InChI is InChI=1S/C8H15NO4/c1-3-4-13-8(12)7(5-10)9-6(2)11/h7,10H,3-5H2,1-2H3,(H,9,11)/t7-/m0/s1. The van der Waals surface area contributed by atoms with Gasteiger partial charge in [0.2, 0.25) is 5.91 Å². The van der Waals surface area contributed by atoms with Crippen LogP contribution in [0.1, 0.15) is 20.3 Å². The summed E-state index contributed by atoms with van der Waals surface area (Å²) in [5, 5.41) is 11.0. The molecule has 0 spiro atoms. The van der Waals surface area contributed by atoms with Gasteiger partial charge < -0.3 is 15.2 Å². The molecular formula is C8H15NO4. The second-order valence-corrected chi connectivity index (χ2v) is 2.60. The van der Waals surface area contributed by atoms with Gasteiger partial charge in [0.25, 0.3) is 0 Å². The number of esters is 1. The topological polar surface area (TPSA) is 75.6 Å². The van der Waals surface area contributed by atoms with Crippen molar-refractivity contribution in [2.24, 2.45) is 0 Å². The molecule has 2 N–H and O–H groups in total. The summed E-state index contributed by atoms with van der Waals surface area (Å²) in [5.74, 6) is -0.966. The molecule has 13 heavy (non-hydrogen) atoms. The van der Waals surface area contributed by atoms with Gasteiger partial charge in [-0.15, -0.1) is 0 Å². The number of ether oxygens (including phenoxy) is 1. The van der Waals surface area contributed by atoms with Crippen molar-refractivity contribution in [3.8, 4) is 0 Å². The molecule has 76 valence electrons. The lowest BCUT2D eigenvalue weighted by atomic mass is 10.3. The van der Waals surface area contributed by atoms with E-state index in [-0.39, 0.29) is 5.91 Å². The Kier molecular flexibility index (Phi) is 5.88. The molecular weight excluding hydrogens is 174 g/mol. The minimum atomic E-state index is -0.941. The van der Waals surface area contributed by atoms with E-state index in [1.807, 2.05) is 6.92 Å². The number of aliphatic hydroxyl groups excluding tert-OH is 1. The van der Waals surface area contributed by atoms with Crippen LogP contribution in [0.3, 0.4) is 0 Å². The Labute approximate surface area is 77.1 Å². The molecule has 0 unspecified atom stereocenters. The summed E-state index contributed by atoms with van der Waals surface area (Å²) < 4.78 is 4.73. The van der Waals surface area contributed by atoms with Crippen LogP contribution in [0.15, 0.2) is 0 Å². The zero-order chi connectivity index (χ0) is 10.3. The van der Waals surface area contributed by atoms with Gasteiger partial charge in [0.05, 0.1) is 13.2 Å². The molecule has 0 aromatic heterocycles. The second-order valence-electron chi connectivity index (χ2n) is 2.60. The Balaban J connectivity index is 3.92. The molecule has 0 aliphatic heterocycles. The summed E-state index contributed by atoms with van der Waals surface area (Å²) in [7, 11) is 0.